The average molecular weight is 263 g/mol. The topological polar surface area (TPSA) is 33.1 Å². The van der Waals surface area contributed by atoms with Gasteiger partial charge in [-0.05, 0) is 25.0 Å². The molecule has 1 aromatic carbocycles. The molecule has 1 saturated carbocycles. The lowest BCUT2D eigenvalue weighted by Crippen LogP contribution is -2.37. The van der Waals surface area contributed by atoms with E-state index in [1.807, 2.05) is 11.4 Å². The Labute approximate surface area is 109 Å². The van der Waals surface area contributed by atoms with E-state index in [2.05, 4.69) is 4.98 Å². The number of aromatic nitrogens is 1. The van der Waals surface area contributed by atoms with Crippen LogP contribution in [0, 0.1) is 5.82 Å². The summed E-state index contributed by atoms with van der Waals surface area (Å²) in [5.74, 6) is -0.248. The Hall–Kier alpha value is -1.26. The first-order chi connectivity index (χ1) is 8.73. The second kappa shape index (κ2) is 4.44. The molecular weight excluding hydrogens is 249 g/mol. The van der Waals surface area contributed by atoms with Crippen LogP contribution in [0.4, 0.5) is 4.39 Å². The number of aliphatic hydroxyl groups excluding tert-OH is 1. The van der Waals surface area contributed by atoms with Gasteiger partial charge >= 0.3 is 0 Å². The van der Waals surface area contributed by atoms with Gasteiger partial charge in [0.1, 0.15) is 10.8 Å². The highest BCUT2D eigenvalue weighted by Gasteiger charge is 2.40. The van der Waals surface area contributed by atoms with Gasteiger partial charge in [-0.25, -0.2) is 9.37 Å². The number of aliphatic hydroxyl groups is 1. The lowest BCUT2D eigenvalue weighted by Gasteiger charge is -2.38. The molecule has 1 heterocycles. The van der Waals surface area contributed by atoms with Gasteiger partial charge in [-0.1, -0.05) is 18.6 Å². The van der Waals surface area contributed by atoms with Crippen molar-refractivity contribution in [3.8, 4) is 11.3 Å². The Bertz CT molecular complexity index is 557. The van der Waals surface area contributed by atoms with Crippen LogP contribution in [0.15, 0.2) is 29.6 Å². The van der Waals surface area contributed by atoms with Gasteiger partial charge in [0.15, 0.2) is 0 Å². The minimum atomic E-state index is -0.248. The van der Waals surface area contributed by atoms with Crippen LogP contribution in [-0.4, -0.2) is 16.7 Å². The molecule has 1 aromatic heterocycles. The van der Waals surface area contributed by atoms with Crippen LogP contribution in [0.1, 0.15) is 24.3 Å². The molecule has 0 bridgehead atoms. The molecule has 0 atom stereocenters. The van der Waals surface area contributed by atoms with Crippen LogP contribution >= 0.6 is 11.3 Å². The summed E-state index contributed by atoms with van der Waals surface area (Å²) in [7, 11) is 0. The van der Waals surface area contributed by atoms with E-state index in [4.69, 9.17) is 0 Å². The Morgan fingerprint density at radius 2 is 2.22 bits per heavy atom. The number of halogens is 1. The van der Waals surface area contributed by atoms with Crippen molar-refractivity contribution in [1.82, 2.24) is 4.98 Å². The van der Waals surface area contributed by atoms with Crippen LogP contribution in [0.5, 0.6) is 0 Å². The quantitative estimate of drug-likeness (QED) is 0.921. The lowest BCUT2D eigenvalue weighted by molar-refractivity contribution is 0.120. The number of hydrogen-bond acceptors (Lipinski definition) is 3. The number of benzene rings is 1. The summed E-state index contributed by atoms with van der Waals surface area (Å²) in [6.45, 7) is 0.156. The maximum atomic E-state index is 13.2. The summed E-state index contributed by atoms with van der Waals surface area (Å²) in [5, 5.41) is 12.4. The lowest BCUT2D eigenvalue weighted by atomic mass is 9.70. The van der Waals surface area contributed by atoms with Gasteiger partial charge in [-0.2, -0.15) is 0 Å². The monoisotopic (exact) mass is 263 g/mol. The van der Waals surface area contributed by atoms with Crippen molar-refractivity contribution in [2.45, 2.75) is 24.7 Å². The van der Waals surface area contributed by atoms with Gasteiger partial charge in [0.2, 0.25) is 0 Å². The van der Waals surface area contributed by atoms with Crippen LogP contribution < -0.4 is 0 Å². The Morgan fingerprint density at radius 3 is 2.83 bits per heavy atom. The largest absolute Gasteiger partial charge is 0.395 e. The van der Waals surface area contributed by atoms with E-state index in [9.17, 15) is 9.50 Å². The summed E-state index contributed by atoms with van der Waals surface area (Å²) < 4.78 is 13.2. The smallest absolute Gasteiger partial charge is 0.123 e. The molecule has 18 heavy (non-hydrogen) atoms. The molecule has 1 N–H and O–H groups in total. The van der Waals surface area contributed by atoms with Crippen molar-refractivity contribution < 1.29 is 9.50 Å². The predicted molar refractivity (Wildman–Crippen MR) is 70.1 cm³/mol. The molecule has 0 amide bonds. The molecule has 0 saturated heterocycles. The SMILES string of the molecule is OCC1(c2nc(-c3cccc(F)c3)cs2)CCC1. The molecule has 0 spiro atoms. The first kappa shape index (κ1) is 11.8. The van der Waals surface area contributed by atoms with Gasteiger partial charge in [0.05, 0.1) is 12.3 Å². The van der Waals surface area contributed by atoms with Crippen LogP contribution in [-0.2, 0) is 5.41 Å². The highest BCUT2D eigenvalue weighted by atomic mass is 32.1. The summed E-state index contributed by atoms with van der Waals surface area (Å²) in [6, 6.07) is 6.46. The fraction of sp³-hybridized carbons (Fsp3) is 0.357. The van der Waals surface area contributed by atoms with Crippen molar-refractivity contribution in [2.75, 3.05) is 6.61 Å². The number of hydrogen-bond donors (Lipinski definition) is 1. The fourth-order valence-corrected chi connectivity index (χ4v) is 3.42. The molecule has 1 aliphatic rings. The minimum absolute atomic E-state index is 0.129. The van der Waals surface area contributed by atoms with E-state index in [1.165, 1.54) is 12.1 Å². The third-order valence-corrected chi connectivity index (χ3v) is 4.78. The molecule has 2 nitrogen and oxygen atoms in total. The van der Waals surface area contributed by atoms with E-state index in [0.29, 0.717) is 0 Å². The number of nitrogens with zero attached hydrogens (tertiary/aromatic N) is 1. The van der Waals surface area contributed by atoms with Crippen molar-refractivity contribution >= 4 is 11.3 Å². The average Bonchev–Trinajstić information content (AvgIpc) is 2.78. The van der Waals surface area contributed by atoms with Crippen LogP contribution in [0.3, 0.4) is 0 Å². The van der Waals surface area contributed by atoms with Crippen LogP contribution in [0.2, 0.25) is 0 Å². The zero-order valence-electron chi connectivity index (χ0n) is 9.90. The fourth-order valence-electron chi connectivity index (χ4n) is 2.34. The Morgan fingerprint density at radius 1 is 1.39 bits per heavy atom. The molecular formula is C14H14FNOS. The molecule has 0 radical (unpaired) electrons. The first-order valence-electron chi connectivity index (χ1n) is 6.06. The summed E-state index contributed by atoms with van der Waals surface area (Å²) in [6.07, 6.45) is 3.15. The zero-order chi connectivity index (χ0) is 12.6. The van der Waals surface area contributed by atoms with Crippen molar-refractivity contribution in [1.29, 1.82) is 0 Å². The Kier molecular flexibility index (Phi) is 2.92. The van der Waals surface area contributed by atoms with Crippen molar-refractivity contribution in [3.63, 3.8) is 0 Å². The first-order valence-corrected chi connectivity index (χ1v) is 6.94. The second-order valence-electron chi connectivity index (χ2n) is 4.84. The maximum Gasteiger partial charge on any atom is 0.123 e. The maximum absolute atomic E-state index is 13.2. The van der Waals surface area contributed by atoms with E-state index in [1.54, 1.807) is 17.4 Å². The minimum Gasteiger partial charge on any atom is -0.395 e. The highest BCUT2D eigenvalue weighted by molar-refractivity contribution is 7.10. The number of rotatable bonds is 3. The molecule has 1 fully saturated rings. The summed E-state index contributed by atoms with van der Waals surface area (Å²) in [4.78, 5) is 4.58. The molecule has 4 heteroatoms. The molecule has 0 unspecified atom stereocenters. The Balaban J connectivity index is 1.94. The molecule has 2 aromatic rings. The van der Waals surface area contributed by atoms with E-state index < -0.39 is 0 Å². The molecule has 94 valence electrons. The van der Waals surface area contributed by atoms with Gasteiger partial charge in [-0.15, -0.1) is 11.3 Å². The summed E-state index contributed by atoms with van der Waals surface area (Å²) >= 11 is 1.56. The predicted octanol–water partition coefficient (Wildman–Crippen LogP) is 3.36. The zero-order valence-corrected chi connectivity index (χ0v) is 10.7. The van der Waals surface area contributed by atoms with E-state index in [0.717, 1.165) is 35.5 Å². The highest BCUT2D eigenvalue weighted by Crippen LogP contribution is 2.45. The second-order valence-corrected chi connectivity index (χ2v) is 5.70. The van der Waals surface area contributed by atoms with Gasteiger partial charge < -0.3 is 5.11 Å². The number of thiazole rings is 1. The summed E-state index contributed by atoms with van der Waals surface area (Å²) in [5.41, 5.74) is 1.47. The molecule has 0 aliphatic heterocycles. The third kappa shape index (κ3) is 1.85. The van der Waals surface area contributed by atoms with Gasteiger partial charge in [0.25, 0.3) is 0 Å². The van der Waals surface area contributed by atoms with Crippen molar-refractivity contribution in [3.05, 3.63) is 40.5 Å². The molecule has 1 aliphatic carbocycles. The van der Waals surface area contributed by atoms with Gasteiger partial charge in [0, 0.05) is 16.4 Å². The van der Waals surface area contributed by atoms with Gasteiger partial charge in [-0.3, -0.25) is 0 Å². The molecule has 3 rings (SSSR count). The van der Waals surface area contributed by atoms with E-state index in [-0.39, 0.29) is 17.8 Å². The standard InChI is InChI=1S/C14H14FNOS/c15-11-4-1-3-10(7-11)12-8-18-13(16-12)14(9-17)5-2-6-14/h1,3-4,7-8,17H,2,5-6,9H2. The van der Waals surface area contributed by atoms with E-state index >= 15 is 0 Å². The third-order valence-electron chi connectivity index (χ3n) is 3.69. The van der Waals surface area contributed by atoms with Crippen molar-refractivity contribution in [2.24, 2.45) is 0 Å². The van der Waals surface area contributed by atoms with Crippen LogP contribution in [0.25, 0.3) is 11.3 Å². The normalized spacial score (nSPS) is 17.4.